The molecule has 0 aliphatic rings. The molecule has 0 aromatic heterocycles. The molecule has 0 unspecified atom stereocenters. The lowest BCUT2D eigenvalue weighted by Gasteiger charge is -2.23. The van der Waals surface area contributed by atoms with Gasteiger partial charge in [-0.2, -0.15) is 0 Å². The van der Waals surface area contributed by atoms with Gasteiger partial charge in [-0.1, -0.05) is 56.3 Å². The summed E-state index contributed by atoms with van der Waals surface area (Å²) in [7, 11) is 0. The molecule has 2 aromatic carbocycles. The zero-order chi connectivity index (χ0) is 23.6. The Morgan fingerprint density at radius 3 is 2.25 bits per heavy atom. The van der Waals surface area contributed by atoms with Crippen molar-refractivity contribution in [3.05, 3.63) is 71.9 Å². The normalized spacial score (nSPS) is 12.4. The average Bonchev–Trinajstić information content (AvgIpc) is 2.71. The predicted molar refractivity (Wildman–Crippen MR) is 127 cm³/mol. The average molecular weight is 439 g/mol. The number of carbonyl (C=O) groups excluding carboxylic acids is 2. The third-order valence-electron chi connectivity index (χ3n) is 4.34. The van der Waals surface area contributed by atoms with E-state index >= 15 is 0 Å². The molecule has 0 saturated carbocycles. The van der Waals surface area contributed by atoms with E-state index in [4.69, 9.17) is 9.47 Å². The van der Waals surface area contributed by atoms with Crippen molar-refractivity contribution in [2.24, 2.45) is 5.92 Å². The molecule has 1 atom stereocenters. The third kappa shape index (κ3) is 9.69. The molecule has 0 aliphatic heterocycles. The highest BCUT2D eigenvalue weighted by molar-refractivity contribution is 5.86. The zero-order valence-electron chi connectivity index (χ0n) is 19.6. The maximum Gasteiger partial charge on any atom is 0.408 e. The van der Waals surface area contributed by atoms with E-state index in [0.717, 1.165) is 16.9 Å². The van der Waals surface area contributed by atoms with Crippen LogP contribution < -0.4 is 15.4 Å². The van der Waals surface area contributed by atoms with Crippen LogP contribution in [0.3, 0.4) is 0 Å². The monoisotopic (exact) mass is 438 g/mol. The number of hydrogen-bond acceptors (Lipinski definition) is 4. The van der Waals surface area contributed by atoms with Gasteiger partial charge in [0.25, 0.3) is 0 Å². The first-order chi connectivity index (χ1) is 15.1. The molecule has 32 heavy (non-hydrogen) atoms. The Bertz CT molecular complexity index is 884. The van der Waals surface area contributed by atoms with E-state index in [2.05, 4.69) is 10.6 Å². The van der Waals surface area contributed by atoms with Gasteiger partial charge in [0.2, 0.25) is 5.91 Å². The molecule has 2 amide bonds. The second-order valence-electron chi connectivity index (χ2n) is 9.01. The van der Waals surface area contributed by atoms with E-state index in [0.29, 0.717) is 13.0 Å². The molecule has 0 heterocycles. The summed E-state index contributed by atoms with van der Waals surface area (Å²) in [6, 6.07) is 16.9. The molecule has 6 nitrogen and oxygen atoms in total. The van der Waals surface area contributed by atoms with Crippen LogP contribution in [-0.4, -0.2) is 23.6 Å². The molecule has 2 N–H and O–H groups in total. The molecule has 0 bridgehead atoms. The summed E-state index contributed by atoms with van der Waals surface area (Å²) in [5.74, 6) is 0.713. The van der Waals surface area contributed by atoms with Crippen molar-refractivity contribution >= 4 is 18.1 Å². The SMILES string of the molecule is CC(C)C[C@H](NC(=O)OC(C)(C)C)C(=O)N/C=C/c1ccc(OCc2ccccc2)cc1. The van der Waals surface area contributed by atoms with Gasteiger partial charge in [0.05, 0.1) is 0 Å². The summed E-state index contributed by atoms with van der Waals surface area (Å²) in [5.41, 5.74) is 1.40. The Morgan fingerprint density at radius 1 is 1.00 bits per heavy atom. The smallest absolute Gasteiger partial charge is 0.408 e. The second-order valence-corrected chi connectivity index (χ2v) is 9.01. The van der Waals surface area contributed by atoms with E-state index in [1.54, 1.807) is 33.0 Å². The Balaban J connectivity index is 1.88. The van der Waals surface area contributed by atoms with Gasteiger partial charge in [-0.05, 0) is 62.4 Å². The van der Waals surface area contributed by atoms with E-state index in [1.165, 1.54) is 0 Å². The van der Waals surface area contributed by atoms with E-state index in [-0.39, 0.29) is 11.8 Å². The Kier molecular flexibility index (Phi) is 9.32. The van der Waals surface area contributed by atoms with E-state index < -0.39 is 17.7 Å². The van der Waals surface area contributed by atoms with Crippen LogP contribution in [0.5, 0.6) is 5.75 Å². The largest absolute Gasteiger partial charge is 0.489 e. The fourth-order valence-electron chi connectivity index (χ4n) is 2.89. The van der Waals surface area contributed by atoms with Crippen molar-refractivity contribution in [1.29, 1.82) is 0 Å². The summed E-state index contributed by atoms with van der Waals surface area (Å²) < 4.78 is 11.1. The molecular formula is C26H34N2O4. The van der Waals surface area contributed by atoms with Crippen molar-refractivity contribution in [3.8, 4) is 5.75 Å². The van der Waals surface area contributed by atoms with Crippen molar-refractivity contribution in [3.63, 3.8) is 0 Å². The summed E-state index contributed by atoms with van der Waals surface area (Å²) in [6.45, 7) is 9.84. The van der Waals surface area contributed by atoms with Gasteiger partial charge >= 0.3 is 6.09 Å². The topological polar surface area (TPSA) is 76.7 Å². The minimum absolute atomic E-state index is 0.230. The van der Waals surface area contributed by atoms with Crippen LogP contribution in [0.1, 0.15) is 52.2 Å². The van der Waals surface area contributed by atoms with Gasteiger partial charge in [-0.3, -0.25) is 4.79 Å². The Labute approximate surface area is 191 Å². The van der Waals surface area contributed by atoms with Crippen LogP contribution in [0.15, 0.2) is 60.8 Å². The summed E-state index contributed by atoms with van der Waals surface area (Å²) in [6.07, 6.45) is 3.27. The fourth-order valence-corrected chi connectivity index (χ4v) is 2.89. The molecule has 6 heteroatoms. The second kappa shape index (κ2) is 11.9. The summed E-state index contributed by atoms with van der Waals surface area (Å²) >= 11 is 0. The molecule has 2 aromatic rings. The van der Waals surface area contributed by atoms with Gasteiger partial charge in [-0.15, -0.1) is 0 Å². The van der Waals surface area contributed by atoms with Gasteiger partial charge in [0.1, 0.15) is 24.0 Å². The van der Waals surface area contributed by atoms with Crippen LogP contribution in [-0.2, 0) is 16.1 Å². The summed E-state index contributed by atoms with van der Waals surface area (Å²) in [4.78, 5) is 24.7. The lowest BCUT2D eigenvalue weighted by Crippen LogP contribution is -2.47. The Morgan fingerprint density at radius 2 is 1.66 bits per heavy atom. The first-order valence-electron chi connectivity index (χ1n) is 10.9. The van der Waals surface area contributed by atoms with Gasteiger partial charge in [0, 0.05) is 6.20 Å². The maximum absolute atomic E-state index is 12.6. The Hall–Kier alpha value is -3.28. The number of ether oxygens (including phenoxy) is 2. The summed E-state index contributed by atoms with van der Waals surface area (Å²) in [5, 5.41) is 5.41. The number of amides is 2. The highest BCUT2D eigenvalue weighted by atomic mass is 16.6. The predicted octanol–water partition coefficient (Wildman–Crippen LogP) is 5.29. The van der Waals surface area contributed by atoms with Crippen molar-refractivity contribution in [1.82, 2.24) is 10.6 Å². The number of hydrogen-bond donors (Lipinski definition) is 2. The first kappa shape index (κ1) is 25.0. The first-order valence-corrected chi connectivity index (χ1v) is 10.9. The minimum atomic E-state index is -0.678. The maximum atomic E-state index is 12.6. The highest BCUT2D eigenvalue weighted by Gasteiger charge is 2.24. The highest BCUT2D eigenvalue weighted by Crippen LogP contribution is 2.15. The van der Waals surface area contributed by atoms with Crippen molar-refractivity contribution in [2.45, 2.75) is 59.3 Å². The number of alkyl carbamates (subject to hydrolysis) is 1. The van der Waals surface area contributed by atoms with Crippen molar-refractivity contribution in [2.75, 3.05) is 0 Å². The standard InChI is InChI=1S/C26H34N2O4/c1-19(2)17-23(28-25(30)32-26(3,4)5)24(29)27-16-15-20-11-13-22(14-12-20)31-18-21-9-7-6-8-10-21/h6-16,19,23H,17-18H2,1-5H3,(H,27,29)(H,28,30)/b16-15+/t23-/m0/s1. The molecule has 0 saturated heterocycles. The van der Waals surface area contributed by atoms with Gasteiger partial charge in [-0.25, -0.2) is 4.79 Å². The van der Waals surface area contributed by atoms with Gasteiger partial charge < -0.3 is 20.1 Å². The zero-order valence-corrected chi connectivity index (χ0v) is 19.6. The van der Waals surface area contributed by atoms with Crippen LogP contribution in [0.4, 0.5) is 4.79 Å². The molecule has 0 radical (unpaired) electrons. The van der Waals surface area contributed by atoms with Gasteiger partial charge in [0.15, 0.2) is 0 Å². The molecule has 0 aliphatic carbocycles. The van der Waals surface area contributed by atoms with Crippen molar-refractivity contribution < 1.29 is 19.1 Å². The molecule has 0 spiro atoms. The lowest BCUT2D eigenvalue weighted by atomic mass is 10.0. The molecular weight excluding hydrogens is 404 g/mol. The fraction of sp³-hybridized carbons (Fsp3) is 0.385. The molecule has 0 fully saturated rings. The van der Waals surface area contributed by atoms with Crippen LogP contribution in [0.2, 0.25) is 0 Å². The lowest BCUT2D eigenvalue weighted by molar-refractivity contribution is -0.122. The number of benzene rings is 2. The van der Waals surface area contributed by atoms with E-state index in [9.17, 15) is 9.59 Å². The molecule has 172 valence electrons. The van der Waals surface area contributed by atoms with Crippen LogP contribution in [0.25, 0.3) is 6.08 Å². The van der Waals surface area contributed by atoms with E-state index in [1.807, 2.05) is 68.4 Å². The quantitative estimate of drug-likeness (QED) is 0.558. The number of rotatable bonds is 9. The van der Waals surface area contributed by atoms with Crippen LogP contribution in [0, 0.1) is 5.92 Å². The number of carbonyl (C=O) groups is 2. The molecule has 2 rings (SSSR count). The van der Waals surface area contributed by atoms with Crippen LogP contribution >= 0.6 is 0 Å². The minimum Gasteiger partial charge on any atom is -0.489 e. The third-order valence-corrected chi connectivity index (χ3v) is 4.34. The number of nitrogens with one attached hydrogen (secondary N) is 2.